The third-order valence-electron chi connectivity index (χ3n) is 5.74. The fourth-order valence-corrected chi connectivity index (χ4v) is 4.23. The van der Waals surface area contributed by atoms with E-state index in [1.165, 1.54) is 11.8 Å². The highest BCUT2D eigenvalue weighted by atomic mass is 35.5. The molecule has 1 aliphatic heterocycles. The molecule has 4 aromatic rings. The van der Waals surface area contributed by atoms with Gasteiger partial charge in [0.25, 0.3) is 11.8 Å². The summed E-state index contributed by atoms with van der Waals surface area (Å²) in [5, 5.41) is 7.80. The Kier molecular flexibility index (Phi) is 5.67. The minimum Gasteiger partial charge on any atom is -0.334 e. The molecule has 6 nitrogen and oxygen atoms in total. The van der Waals surface area contributed by atoms with Gasteiger partial charge in [-0.3, -0.25) is 9.59 Å². The first-order chi connectivity index (χ1) is 16.1. The van der Waals surface area contributed by atoms with Crippen molar-refractivity contribution in [2.24, 2.45) is 0 Å². The summed E-state index contributed by atoms with van der Waals surface area (Å²) in [5.41, 5.74) is 3.87. The third kappa shape index (κ3) is 4.25. The van der Waals surface area contributed by atoms with Crippen LogP contribution >= 0.6 is 11.6 Å². The van der Waals surface area contributed by atoms with Gasteiger partial charge in [-0.05, 0) is 47.9 Å². The zero-order valence-corrected chi connectivity index (χ0v) is 18.5. The van der Waals surface area contributed by atoms with Crippen LogP contribution in [0, 0.1) is 0 Å². The average Bonchev–Trinajstić information content (AvgIpc) is 3.27. The van der Waals surface area contributed by atoms with Crippen LogP contribution in [0.15, 0.2) is 85.1 Å². The molecule has 33 heavy (non-hydrogen) atoms. The number of nitrogens with one attached hydrogen (secondary N) is 1. The van der Waals surface area contributed by atoms with Crippen LogP contribution < -0.4 is 5.32 Å². The highest BCUT2D eigenvalue weighted by Gasteiger charge is 2.27. The summed E-state index contributed by atoms with van der Waals surface area (Å²) >= 11 is 6.06. The highest BCUT2D eigenvalue weighted by Crippen LogP contribution is 2.26. The molecule has 2 amide bonds. The SMILES string of the molecule is O=C(Nc1c(C(=O)N2CCc3ccccc3C2)cnn1-c1ccccc1)c1cccc(Cl)c1. The predicted molar refractivity (Wildman–Crippen MR) is 128 cm³/mol. The van der Waals surface area contributed by atoms with Crippen molar-refractivity contribution in [3.8, 4) is 5.69 Å². The number of carbonyl (C=O) groups excluding carboxylic acids is 2. The molecule has 3 aromatic carbocycles. The summed E-state index contributed by atoms with van der Waals surface area (Å²) in [6, 6.07) is 24.2. The van der Waals surface area contributed by atoms with Crippen molar-refractivity contribution in [3.63, 3.8) is 0 Å². The Morgan fingerprint density at radius 2 is 1.67 bits per heavy atom. The van der Waals surface area contributed by atoms with Crippen LogP contribution in [-0.4, -0.2) is 33.0 Å². The fourth-order valence-electron chi connectivity index (χ4n) is 4.04. The quantitative estimate of drug-likeness (QED) is 0.471. The summed E-state index contributed by atoms with van der Waals surface area (Å²) in [7, 11) is 0. The van der Waals surface area contributed by atoms with Crippen LogP contribution in [0.4, 0.5) is 5.82 Å². The topological polar surface area (TPSA) is 67.2 Å². The van der Waals surface area contributed by atoms with Gasteiger partial charge in [0.15, 0.2) is 0 Å². The molecule has 1 aliphatic rings. The van der Waals surface area contributed by atoms with Crippen molar-refractivity contribution in [2.45, 2.75) is 13.0 Å². The van der Waals surface area contributed by atoms with Crippen molar-refractivity contribution >= 4 is 29.2 Å². The summed E-state index contributed by atoms with van der Waals surface area (Å²) in [5.74, 6) is -0.212. The molecule has 1 aromatic heterocycles. The molecule has 2 heterocycles. The van der Waals surface area contributed by atoms with Gasteiger partial charge in [-0.2, -0.15) is 5.10 Å². The summed E-state index contributed by atoms with van der Waals surface area (Å²) in [4.78, 5) is 28.4. The van der Waals surface area contributed by atoms with Crippen LogP contribution in [0.3, 0.4) is 0 Å². The van der Waals surface area contributed by atoms with Crippen LogP contribution in [0.25, 0.3) is 5.69 Å². The van der Waals surface area contributed by atoms with Crippen molar-refractivity contribution in [1.82, 2.24) is 14.7 Å². The van der Waals surface area contributed by atoms with Gasteiger partial charge in [-0.15, -0.1) is 0 Å². The first-order valence-electron chi connectivity index (χ1n) is 10.7. The number of nitrogens with zero attached hydrogens (tertiary/aromatic N) is 3. The van der Waals surface area contributed by atoms with Gasteiger partial charge in [0.05, 0.1) is 11.9 Å². The number of anilines is 1. The van der Waals surface area contributed by atoms with Gasteiger partial charge >= 0.3 is 0 Å². The maximum absolute atomic E-state index is 13.5. The Balaban J connectivity index is 1.50. The lowest BCUT2D eigenvalue weighted by Crippen LogP contribution is -2.36. The third-order valence-corrected chi connectivity index (χ3v) is 5.97. The lowest BCUT2D eigenvalue weighted by atomic mass is 9.99. The zero-order valence-electron chi connectivity index (χ0n) is 17.7. The van der Waals surface area contributed by atoms with Crippen LogP contribution in [0.2, 0.25) is 5.02 Å². The lowest BCUT2D eigenvalue weighted by molar-refractivity contribution is 0.0736. The number of hydrogen-bond donors (Lipinski definition) is 1. The number of fused-ring (bicyclic) bond motifs is 1. The summed E-state index contributed by atoms with van der Waals surface area (Å²) < 4.78 is 1.58. The summed E-state index contributed by atoms with van der Waals surface area (Å²) in [6.45, 7) is 1.13. The molecular weight excluding hydrogens is 436 g/mol. The van der Waals surface area contributed by atoms with E-state index < -0.39 is 0 Å². The zero-order chi connectivity index (χ0) is 22.8. The first kappa shape index (κ1) is 21.0. The number of hydrogen-bond acceptors (Lipinski definition) is 3. The van der Waals surface area contributed by atoms with E-state index in [0.717, 1.165) is 17.7 Å². The highest BCUT2D eigenvalue weighted by molar-refractivity contribution is 6.31. The smallest absolute Gasteiger partial charge is 0.259 e. The van der Waals surface area contributed by atoms with Gasteiger partial charge in [0, 0.05) is 23.7 Å². The molecule has 1 N–H and O–H groups in total. The number of halogens is 1. The second-order valence-corrected chi connectivity index (χ2v) is 8.30. The Hall–Kier alpha value is -3.90. The van der Waals surface area contributed by atoms with Crippen molar-refractivity contribution in [2.75, 3.05) is 11.9 Å². The van der Waals surface area contributed by atoms with E-state index in [-0.39, 0.29) is 11.8 Å². The fraction of sp³-hybridized carbons (Fsp3) is 0.115. The second kappa shape index (κ2) is 8.92. The van der Waals surface area contributed by atoms with Crippen LogP contribution in [0.5, 0.6) is 0 Å². The molecular formula is C26H21ClN4O2. The standard InChI is InChI=1S/C26H21ClN4O2/c27-21-10-6-9-19(15-21)25(32)29-24-23(16-28-31(24)22-11-2-1-3-12-22)26(33)30-14-13-18-7-4-5-8-20(18)17-30/h1-12,15-16H,13-14,17H2,(H,29,32). The van der Waals surface area contributed by atoms with E-state index in [0.29, 0.717) is 35.1 Å². The average molecular weight is 457 g/mol. The Morgan fingerprint density at radius 1 is 0.909 bits per heavy atom. The van der Waals surface area contributed by atoms with E-state index in [9.17, 15) is 9.59 Å². The number of carbonyl (C=O) groups is 2. The molecule has 0 fully saturated rings. The largest absolute Gasteiger partial charge is 0.334 e. The Bertz CT molecular complexity index is 1330. The van der Waals surface area contributed by atoms with Gasteiger partial charge in [0.1, 0.15) is 11.4 Å². The number of amides is 2. The molecule has 0 aliphatic carbocycles. The predicted octanol–water partition coefficient (Wildman–Crippen LogP) is 4.98. The Morgan fingerprint density at radius 3 is 2.45 bits per heavy atom. The second-order valence-electron chi connectivity index (χ2n) is 7.86. The maximum Gasteiger partial charge on any atom is 0.259 e. The van der Waals surface area contributed by atoms with E-state index in [1.807, 2.05) is 48.5 Å². The Labute approximate surface area is 196 Å². The normalized spacial score (nSPS) is 12.8. The molecule has 0 atom stereocenters. The van der Waals surface area contributed by atoms with E-state index in [2.05, 4.69) is 16.5 Å². The molecule has 0 bridgehead atoms. The molecule has 164 valence electrons. The van der Waals surface area contributed by atoms with Crippen molar-refractivity contribution < 1.29 is 9.59 Å². The molecule has 7 heteroatoms. The summed E-state index contributed by atoms with van der Waals surface area (Å²) in [6.07, 6.45) is 2.31. The number of benzene rings is 3. The molecule has 0 spiro atoms. The monoisotopic (exact) mass is 456 g/mol. The minimum absolute atomic E-state index is 0.173. The molecule has 0 unspecified atom stereocenters. The van der Waals surface area contributed by atoms with E-state index >= 15 is 0 Å². The van der Waals surface area contributed by atoms with E-state index in [4.69, 9.17) is 11.6 Å². The van der Waals surface area contributed by atoms with Gasteiger partial charge in [-0.1, -0.05) is 60.1 Å². The van der Waals surface area contributed by atoms with E-state index in [1.54, 1.807) is 33.8 Å². The van der Waals surface area contributed by atoms with Gasteiger partial charge < -0.3 is 10.2 Å². The van der Waals surface area contributed by atoms with Crippen LogP contribution in [-0.2, 0) is 13.0 Å². The maximum atomic E-state index is 13.5. The van der Waals surface area contributed by atoms with Crippen LogP contribution in [0.1, 0.15) is 31.8 Å². The van der Waals surface area contributed by atoms with Gasteiger partial charge in [-0.25, -0.2) is 4.68 Å². The first-order valence-corrected chi connectivity index (χ1v) is 11.0. The van der Waals surface area contributed by atoms with Crippen molar-refractivity contribution in [1.29, 1.82) is 0 Å². The number of para-hydroxylation sites is 1. The van der Waals surface area contributed by atoms with Gasteiger partial charge in [0.2, 0.25) is 0 Å². The molecule has 0 saturated heterocycles. The molecule has 5 rings (SSSR count). The van der Waals surface area contributed by atoms with Crippen molar-refractivity contribution in [3.05, 3.63) is 112 Å². The minimum atomic E-state index is -0.367. The number of aromatic nitrogens is 2. The molecule has 0 saturated carbocycles. The lowest BCUT2D eigenvalue weighted by Gasteiger charge is -2.29. The number of rotatable bonds is 4. The molecule has 0 radical (unpaired) electrons.